The Kier molecular flexibility index (Phi) is 4.64. The molecule has 0 bridgehead atoms. The summed E-state index contributed by atoms with van der Waals surface area (Å²) in [4.78, 5) is 17.1. The van der Waals surface area contributed by atoms with Gasteiger partial charge in [0.15, 0.2) is 6.29 Å². The molecule has 1 saturated heterocycles. The molecule has 0 amide bonds. The van der Waals surface area contributed by atoms with Gasteiger partial charge in [-0.1, -0.05) is 0 Å². The molecule has 1 heterocycles. The maximum Gasteiger partial charge on any atom is 0.472 e. The van der Waals surface area contributed by atoms with Crippen LogP contribution in [0.4, 0.5) is 0 Å². The third-order valence-corrected chi connectivity index (χ3v) is 2.81. The number of rotatable bonds is 3. The van der Waals surface area contributed by atoms with E-state index in [4.69, 9.17) is 14.5 Å². The van der Waals surface area contributed by atoms with Gasteiger partial charge in [0.25, 0.3) is 0 Å². The van der Waals surface area contributed by atoms with Gasteiger partial charge in [0.1, 0.15) is 24.4 Å². The van der Waals surface area contributed by atoms with Gasteiger partial charge >= 0.3 is 7.82 Å². The molecule has 10 heteroatoms. The van der Waals surface area contributed by atoms with Crippen LogP contribution < -0.4 is 0 Å². The highest BCUT2D eigenvalue weighted by molar-refractivity contribution is 7.46. The van der Waals surface area contributed by atoms with E-state index in [1.165, 1.54) is 6.92 Å². The quantitative estimate of drug-likeness (QED) is 0.301. The average Bonchev–Trinajstić information content (AvgIpc) is 2.16. The number of phosphoric ester groups is 1. The van der Waals surface area contributed by atoms with Crippen molar-refractivity contribution in [3.8, 4) is 0 Å². The van der Waals surface area contributed by atoms with Crippen molar-refractivity contribution < 1.29 is 44.0 Å². The zero-order valence-corrected chi connectivity index (χ0v) is 9.71. The highest BCUT2D eigenvalue weighted by Gasteiger charge is 2.47. The number of aliphatic hydroxyl groups is 4. The molecule has 0 spiro atoms. The molecule has 0 aromatic carbocycles. The first-order valence-corrected chi connectivity index (χ1v) is 6.28. The normalized spacial score (nSPS) is 41.2. The van der Waals surface area contributed by atoms with Gasteiger partial charge in [-0.25, -0.2) is 4.57 Å². The van der Waals surface area contributed by atoms with E-state index in [1.807, 2.05) is 0 Å². The predicted molar refractivity (Wildman–Crippen MR) is 51.5 cm³/mol. The van der Waals surface area contributed by atoms with Gasteiger partial charge in [-0.2, -0.15) is 0 Å². The molecular formula is C7H15O9P. The number of aliphatic hydroxyl groups excluding tert-OH is 4. The van der Waals surface area contributed by atoms with Crippen LogP contribution in [-0.2, 0) is 13.8 Å². The van der Waals surface area contributed by atoms with Crippen LogP contribution in [0, 0.1) is 0 Å². The van der Waals surface area contributed by atoms with Crippen LogP contribution in [0.25, 0.3) is 0 Å². The molecule has 0 aromatic rings. The van der Waals surface area contributed by atoms with Crippen LogP contribution in [0.15, 0.2) is 0 Å². The van der Waals surface area contributed by atoms with Crippen LogP contribution in [0.1, 0.15) is 6.92 Å². The summed E-state index contributed by atoms with van der Waals surface area (Å²) in [6.07, 6.45) is -9.58. The monoisotopic (exact) mass is 274 g/mol. The minimum Gasteiger partial charge on any atom is -0.391 e. The summed E-state index contributed by atoms with van der Waals surface area (Å²) in [5, 5.41) is 37.5. The fourth-order valence-electron chi connectivity index (χ4n) is 1.49. The van der Waals surface area contributed by atoms with Gasteiger partial charge in [0.2, 0.25) is 0 Å². The standard InChI is InChI=1S/C7H15O9P/c1-2(8)6-4(10)3(9)5(11)7(15-6)16-17(12,13)14/h2-11H,1H3,(H2,12,13,14)/t2-,3-,4-,5+,6+,7+/m0/s1. The molecule has 0 saturated carbocycles. The molecule has 0 radical (unpaired) electrons. The van der Waals surface area contributed by atoms with Crippen molar-refractivity contribution in [3.63, 3.8) is 0 Å². The van der Waals surface area contributed by atoms with Crippen molar-refractivity contribution in [2.45, 2.75) is 43.7 Å². The largest absolute Gasteiger partial charge is 0.472 e. The summed E-state index contributed by atoms with van der Waals surface area (Å²) in [5.74, 6) is 0. The Morgan fingerprint density at radius 3 is 2.12 bits per heavy atom. The lowest BCUT2D eigenvalue weighted by atomic mass is 9.96. The van der Waals surface area contributed by atoms with E-state index in [2.05, 4.69) is 4.52 Å². The van der Waals surface area contributed by atoms with E-state index in [0.29, 0.717) is 0 Å². The maximum atomic E-state index is 10.6. The van der Waals surface area contributed by atoms with Crippen molar-refractivity contribution in [3.05, 3.63) is 0 Å². The minimum absolute atomic E-state index is 1.23. The predicted octanol–water partition coefficient (Wildman–Crippen LogP) is -2.72. The minimum atomic E-state index is -4.93. The van der Waals surface area contributed by atoms with Crippen LogP contribution in [0.3, 0.4) is 0 Å². The fourth-order valence-corrected chi connectivity index (χ4v) is 1.94. The number of hydrogen-bond donors (Lipinski definition) is 6. The number of ether oxygens (including phenoxy) is 1. The fraction of sp³-hybridized carbons (Fsp3) is 1.00. The van der Waals surface area contributed by atoms with E-state index in [1.54, 1.807) is 0 Å². The molecule has 6 atom stereocenters. The van der Waals surface area contributed by atoms with E-state index in [-0.39, 0.29) is 0 Å². The molecule has 0 aliphatic carbocycles. The zero-order chi connectivity index (χ0) is 13.4. The molecule has 1 fully saturated rings. The molecule has 17 heavy (non-hydrogen) atoms. The average molecular weight is 274 g/mol. The second-order valence-electron chi connectivity index (χ2n) is 3.78. The Balaban J connectivity index is 2.82. The first kappa shape index (κ1) is 15.0. The van der Waals surface area contributed by atoms with Gasteiger partial charge in [0, 0.05) is 0 Å². The second kappa shape index (κ2) is 5.27. The second-order valence-corrected chi connectivity index (χ2v) is 4.97. The van der Waals surface area contributed by atoms with Gasteiger partial charge in [0.05, 0.1) is 6.10 Å². The Labute approximate surface area is 96.5 Å². The Bertz CT molecular complexity index is 302. The van der Waals surface area contributed by atoms with Gasteiger partial charge in [-0.3, -0.25) is 4.52 Å². The molecule has 0 unspecified atom stereocenters. The Morgan fingerprint density at radius 1 is 1.18 bits per heavy atom. The summed E-state index contributed by atoms with van der Waals surface area (Å²) < 4.78 is 19.5. The highest BCUT2D eigenvalue weighted by atomic mass is 31.2. The van der Waals surface area contributed by atoms with Crippen molar-refractivity contribution in [1.82, 2.24) is 0 Å². The zero-order valence-electron chi connectivity index (χ0n) is 8.82. The molecule has 0 aromatic heterocycles. The van der Waals surface area contributed by atoms with Crippen LogP contribution >= 0.6 is 7.82 Å². The van der Waals surface area contributed by atoms with Crippen LogP contribution in [-0.4, -0.2) is 67.0 Å². The highest BCUT2D eigenvalue weighted by Crippen LogP contribution is 2.40. The smallest absolute Gasteiger partial charge is 0.391 e. The number of phosphoric acid groups is 1. The van der Waals surface area contributed by atoms with Gasteiger partial charge in [-0.15, -0.1) is 0 Å². The molecule has 9 nitrogen and oxygen atoms in total. The topological polar surface area (TPSA) is 157 Å². The Morgan fingerprint density at radius 2 is 1.71 bits per heavy atom. The lowest BCUT2D eigenvalue weighted by molar-refractivity contribution is -0.289. The first-order valence-electron chi connectivity index (χ1n) is 4.75. The van der Waals surface area contributed by atoms with E-state index in [0.717, 1.165) is 0 Å². The summed E-state index contributed by atoms with van der Waals surface area (Å²) >= 11 is 0. The lowest BCUT2D eigenvalue weighted by Crippen LogP contribution is -2.60. The molecule has 6 N–H and O–H groups in total. The van der Waals surface area contributed by atoms with Crippen molar-refractivity contribution in [2.75, 3.05) is 0 Å². The van der Waals surface area contributed by atoms with Crippen LogP contribution in [0.5, 0.6) is 0 Å². The van der Waals surface area contributed by atoms with Gasteiger partial charge in [-0.05, 0) is 6.92 Å². The van der Waals surface area contributed by atoms with Crippen LogP contribution in [0.2, 0.25) is 0 Å². The van der Waals surface area contributed by atoms with E-state index >= 15 is 0 Å². The maximum absolute atomic E-state index is 10.6. The summed E-state index contributed by atoms with van der Waals surface area (Å²) in [6.45, 7) is 1.24. The van der Waals surface area contributed by atoms with Crippen molar-refractivity contribution in [1.29, 1.82) is 0 Å². The van der Waals surface area contributed by atoms with E-state index in [9.17, 15) is 25.0 Å². The summed E-state index contributed by atoms with van der Waals surface area (Å²) in [6, 6.07) is 0. The van der Waals surface area contributed by atoms with E-state index < -0.39 is 44.6 Å². The summed E-state index contributed by atoms with van der Waals surface area (Å²) in [7, 11) is -4.93. The third kappa shape index (κ3) is 3.68. The molecule has 1 aliphatic heterocycles. The summed E-state index contributed by atoms with van der Waals surface area (Å²) in [5.41, 5.74) is 0. The lowest BCUT2D eigenvalue weighted by Gasteiger charge is -2.41. The number of hydrogen-bond acceptors (Lipinski definition) is 7. The van der Waals surface area contributed by atoms with Crippen molar-refractivity contribution in [2.24, 2.45) is 0 Å². The third-order valence-electron chi connectivity index (χ3n) is 2.32. The molecule has 1 aliphatic rings. The molecule has 102 valence electrons. The first-order chi connectivity index (χ1) is 7.63. The SMILES string of the molecule is C[C@H](O)[C@H]1O[C@H](OP(=O)(O)O)[C@H](O)[C@@H](O)[C@@H]1O. The van der Waals surface area contributed by atoms with Gasteiger partial charge < -0.3 is 34.9 Å². The molecule has 1 rings (SSSR count). The Hall–Kier alpha value is -0.0900. The molecular weight excluding hydrogens is 259 g/mol. The van der Waals surface area contributed by atoms with Crippen molar-refractivity contribution >= 4 is 7.82 Å².